The van der Waals surface area contributed by atoms with Crippen molar-refractivity contribution in [2.24, 2.45) is 0 Å². The number of hydrogen-bond donors (Lipinski definition) is 2. The summed E-state index contributed by atoms with van der Waals surface area (Å²) in [6.45, 7) is 0. The highest BCUT2D eigenvalue weighted by atomic mass is 35.5. The molecule has 0 aromatic rings. The summed E-state index contributed by atoms with van der Waals surface area (Å²) in [6.07, 6.45) is 0. The van der Waals surface area contributed by atoms with Crippen molar-refractivity contribution in [1.29, 1.82) is 0 Å². The molecule has 0 spiro atoms. The van der Waals surface area contributed by atoms with Crippen molar-refractivity contribution >= 4 is 17.6 Å². The second-order valence-electron chi connectivity index (χ2n) is 0.639. The zero-order valence-corrected chi connectivity index (χ0v) is 4.44. The molecule has 0 saturated carbocycles. The molecule has 3 nitrogen and oxygen atoms in total. The van der Waals surface area contributed by atoms with E-state index >= 15 is 0 Å². The predicted molar refractivity (Wildman–Crippen MR) is 24.4 cm³/mol. The molecule has 5 N–H and O–H groups in total. The van der Waals surface area contributed by atoms with Crippen LogP contribution in [0.25, 0.3) is 0 Å². The number of halogens is 2. The van der Waals surface area contributed by atoms with E-state index in [1.807, 2.05) is 0 Å². The fourth-order valence-corrected chi connectivity index (χ4v) is 0. The Morgan fingerprint density at radius 3 is 2.00 bits per heavy atom. The van der Waals surface area contributed by atoms with Gasteiger partial charge >= 0.3 is 5.97 Å². The normalized spacial score (nSPS) is 11.7. The van der Waals surface area contributed by atoms with E-state index in [1.165, 1.54) is 0 Å². The summed E-state index contributed by atoms with van der Waals surface area (Å²) in [5, 5.41) is 7.48. The third-order valence-corrected chi connectivity index (χ3v) is 0.373. The fourth-order valence-electron chi connectivity index (χ4n) is 0. The van der Waals surface area contributed by atoms with Crippen molar-refractivity contribution in [2.45, 2.75) is 5.63 Å². The Bertz CT molecular complexity index is 66.7. The predicted octanol–water partition coefficient (Wildman–Crippen LogP) is 0.982. The maximum Gasteiger partial charge on any atom is 0.354 e. The van der Waals surface area contributed by atoms with Gasteiger partial charge < -0.3 is 11.3 Å². The highest BCUT2D eigenvalue weighted by Crippen LogP contribution is 1.93. The molecular formula is C2H6ClFNO2+. The van der Waals surface area contributed by atoms with E-state index in [0.29, 0.717) is 0 Å². The van der Waals surface area contributed by atoms with Crippen LogP contribution in [0.1, 0.15) is 0 Å². The summed E-state index contributed by atoms with van der Waals surface area (Å²) >= 11 is 4.35. The molecule has 0 saturated heterocycles. The second-order valence-corrected chi connectivity index (χ2v) is 1.02. The number of carboxylic acid groups (broad SMARTS) is 1. The van der Waals surface area contributed by atoms with E-state index < -0.39 is 11.6 Å². The molecule has 0 fully saturated rings. The Morgan fingerprint density at radius 1 is 1.86 bits per heavy atom. The van der Waals surface area contributed by atoms with Crippen LogP contribution in [0.15, 0.2) is 0 Å². The Kier molecular flexibility index (Phi) is 5.37. The Hall–Kier alpha value is -0.350. The summed E-state index contributed by atoms with van der Waals surface area (Å²) in [5.74, 6) is -1.64. The number of quaternary nitrogens is 1. The topological polar surface area (TPSA) is 73.8 Å². The van der Waals surface area contributed by atoms with Gasteiger partial charge in [-0.25, -0.2) is 9.18 Å². The zero-order chi connectivity index (χ0) is 5.15. The first-order valence-electron chi connectivity index (χ1n) is 1.15. The van der Waals surface area contributed by atoms with Crippen molar-refractivity contribution in [3.05, 3.63) is 0 Å². The van der Waals surface area contributed by atoms with Crippen LogP contribution in [0.5, 0.6) is 0 Å². The lowest BCUT2D eigenvalue weighted by Gasteiger charge is -1.82. The van der Waals surface area contributed by atoms with E-state index in [0.717, 1.165) is 0 Å². The number of rotatable bonds is 1. The molecule has 0 aliphatic heterocycles. The zero-order valence-electron chi connectivity index (χ0n) is 3.69. The van der Waals surface area contributed by atoms with Crippen molar-refractivity contribution in [2.75, 3.05) is 0 Å². The highest BCUT2D eigenvalue weighted by Gasteiger charge is 2.07. The van der Waals surface area contributed by atoms with Crippen molar-refractivity contribution in [3.63, 3.8) is 0 Å². The maximum atomic E-state index is 11.0. The molecule has 0 aromatic carbocycles. The fraction of sp³-hybridized carbons (Fsp3) is 0.500. The smallest absolute Gasteiger partial charge is 0.354 e. The minimum Gasteiger partial charge on any atom is -0.478 e. The summed E-state index contributed by atoms with van der Waals surface area (Å²) < 4.78 is 11.0. The highest BCUT2D eigenvalue weighted by molar-refractivity contribution is 6.28. The molecule has 0 radical (unpaired) electrons. The van der Waals surface area contributed by atoms with Gasteiger partial charge in [-0.3, -0.25) is 0 Å². The van der Waals surface area contributed by atoms with Crippen LogP contribution in [-0.2, 0) is 4.79 Å². The number of carbonyl (C=O) groups is 1. The number of carboxylic acids is 1. The van der Waals surface area contributed by atoms with Gasteiger partial charge in [0.2, 0.25) is 0 Å². The van der Waals surface area contributed by atoms with E-state index in [2.05, 4.69) is 11.6 Å². The Labute approximate surface area is 44.7 Å². The molecule has 7 heavy (non-hydrogen) atoms. The molecule has 0 rings (SSSR count). The minimum atomic E-state index is -2.26. The van der Waals surface area contributed by atoms with Crippen LogP contribution < -0.4 is 6.15 Å². The van der Waals surface area contributed by atoms with Gasteiger partial charge in [0.25, 0.3) is 5.63 Å². The van der Waals surface area contributed by atoms with Gasteiger partial charge in [-0.2, -0.15) is 0 Å². The monoisotopic (exact) mass is 130 g/mol. The first-order valence-corrected chi connectivity index (χ1v) is 1.59. The average molecular weight is 131 g/mol. The van der Waals surface area contributed by atoms with E-state index in [9.17, 15) is 9.18 Å². The Balaban J connectivity index is 0. The molecule has 5 heteroatoms. The lowest BCUT2D eigenvalue weighted by molar-refractivity contribution is -0.139. The van der Waals surface area contributed by atoms with Gasteiger partial charge in [0.05, 0.1) is 0 Å². The first kappa shape index (κ1) is 9.82. The summed E-state index contributed by atoms with van der Waals surface area (Å²) in [5.41, 5.74) is -2.26. The lowest BCUT2D eigenvalue weighted by atomic mass is 10.8. The molecule has 0 aliphatic rings. The lowest BCUT2D eigenvalue weighted by Crippen LogP contribution is -2.05. The van der Waals surface area contributed by atoms with E-state index in [1.54, 1.807) is 0 Å². The van der Waals surface area contributed by atoms with Gasteiger partial charge in [-0.1, -0.05) is 11.6 Å². The van der Waals surface area contributed by atoms with Crippen molar-refractivity contribution in [3.8, 4) is 0 Å². The molecule has 0 aliphatic carbocycles. The van der Waals surface area contributed by atoms with Crippen LogP contribution in [0.4, 0.5) is 4.39 Å². The molecule has 44 valence electrons. The van der Waals surface area contributed by atoms with Crippen molar-refractivity contribution in [1.82, 2.24) is 6.15 Å². The quantitative estimate of drug-likeness (QED) is 0.520. The summed E-state index contributed by atoms with van der Waals surface area (Å²) in [6, 6.07) is 0. The van der Waals surface area contributed by atoms with E-state index in [4.69, 9.17) is 5.11 Å². The molecule has 0 unspecified atom stereocenters. The molecule has 0 heterocycles. The van der Waals surface area contributed by atoms with Gasteiger partial charge in [0, 0.05) is 0 Å². The number of hydrogen-bond acceptors (Lipinski definition) is 1. The molecular weight excluding hydrogens is 124 g/mol. The third kappa shape index (κ3) is 5.65. The van der Waals surface area contributed by atoms with Crippen LogP contribution in [0, 0.1) is 0 Å². The van der Waals surface area contributed by atoms with E-state index in [-0.39, 0.29) is 6.15 Å². The SMILES string of the molecule is O=C(O)[C@H](F)Cl.[NH4+]. The first-order chi connectivity index (χ1) is 2.64. The molecule has 0 aromatic heterocycles. The van der Waals surface area contributed by atoms with Gasteiger partial charge in [-0.05, 0) is 0 Å². The third-order valence-electron chi connectivity index (χ3n) is 0.187. The summed E-state index contributed by atoms with van der Waals surface area (Å²) in [7, 11) is 0. The number of alkyl halides is 2. The molecule has 0 amide bonds. The molecule has 1 atom stereocenters. The second kappa shape index (κ2) is 3.83. The Morgan fingerprint density at radius 2 is 2.00 bits per heavy atom. The standard InChI is InChI=1S/C2H2ClFO2.H3N/c3-1(4)2(5)6;/h1H,(H,5,6);1H3/p+1/t1-;/m0./s1. The van der Waals surface area contributed by atoms with Crippen LogP contribution in [0.2, 0.25) is 0 Å². The van der Waals surface area contributed by atoms with Gasteiger partial charge in [0.15, 0.2) is 0 Å². The van der Waals surface area contributed by atoms with Crippen LogP contribution >= 0.6 is 11.6 Å². The maximum absolute atomic E-state index is 11.0. The van der Waals surface area contributed by atoms with Gasteiger partial charge in [-0.15, -0.1) is 0 Å². The summed E-state index contributed by atoms with van der Waals surface area (Å²) in [4.78, 5) is 9.19. The van der Waals surface area contributed by atoms with Crippen LogP contribution in [-0.4, -0.2) is 16.7 Å². The minimum absolute atomic E-state index is 0. The number of aliphatic carboxylic acids is 1. The van der Waals surface area contributed by atoms with Crippen LogP contribution in [0.3, 0.4) is 0 Å². The van der Waals surface area contributed by atoms with Crippen molar-refractivity contribution < 1.29 is 14.3 Å². The van der Waals surface area contributed by atoms with Gasteiger partial charge in [0.1, 0.15) is 0 Å². The largest absolute Gasteiger partial charge is 0.478 e. The average Bonchev–Trinajstić information content (AvgIpc) is 1.36. The molecule has 0 bridgehead atoms.